The molecular weight excluding hydrogens is 551 g/mol. The van der Waals surface area contributed by atoms with E-state index in [4.69, 9.17) is 5.73 Å². The number of aliphatic hydroxyl groups excluding tert-OH is 2. The molecule has 3 aliphatic carbocycles. The Labute approximate surface area is 229 Å². The molecule has 13 nitrogen and oxygen atoms in total. The number of aliphatic hydroxyl groups is 3. The third kappa shape index (κ3) is 4.24. The van der Waals surface area contributed by atoms with Gasteiger partial charge in [0, 0.05) is 22.6 Å². The van der Waals surface area contributed by atoms with Crippen molar-refractivity contribution in [2.45, 2.75) is 30.9 Å². The molecule has 1 aromatic rings. The number of phenols is 1. The SMILES string of the molecule is CNCCc1c(F)c2c(c(O)c1NS(C)(=O)=O)C(O)=C1C(=O)[C@]3(O)C(O)=C(C(N)=O)C(=O)[C@@H](N(C)C)[C@@H]3C[C@@H]1C2. The first-order chi connectivity index (χ1) is 18.5. The van der Waals surface area contributed by atoms with Gasteiger partial charge in [0.05, 0.1) is 23.5 Å². The highest BCUT2D eigenvalue weighted by atomic mass is 32.2. The van der Waals surface area contributed by atoms with E-state index in [1.54, 1.807) is 7.05 Å². The maximum absolute atomic E-state index is 16.0. The van der Waals surface area contributed by atoms with Crippen LogP contribution in [0.2, 0.25) is 0 Å². The molecule has 0 bridgehead atoms. The summed E-state index contributed by atoms with van der Waals surface area (Å²) < 4.78 is 42.1. The van der Waals surface area contributed by atoms with Crippen molar-refractivity contribution in [2.24, 2.45) is 17.6 Å². The summed E-state index contributed by atoms with van der Waals surface area (Å²) in [5, 5.41) is 47.7. The number of carbonyl (C=O) groups excluding carboxylic acids is 3. The first-order valence-electron chi connectivity index (χ1n) is 12.3. The average Bonchev–Trinajstić information content (AvgIpc) is 2.83. The number of phenolic OH excluding ortho intramolecular Hbond substituents is 1. The summed E-state index contributed by atoms with van der Waals surface area (Å²) in [4.78, 5) is 40.4. The van der Waals surface area contributed by atoms with Crippen LogP contribution in [0, 0.1) is 17.7 Å². The number of nitrogens with one attached hydrogen (secondary N) is 2. The van der Waals surface area contributed by atoms with E-state index in [1.165, 1.54) is 19.0 Å². The van der Waals surface area contributed by atoms with Crippen molar-refractivity contribution >= 4 is 38.9 Å². The maximum Gasteiger partial charge on any atom is 0.255 e. The number of amides is 1. The molecule has 218 valence electrons. The quantitative estimate of drug-likeness (QED) is 0.156. The van der Waals surface area contributed by atoms with E-state index in [1.807, 2.05) is 0 Å². The summed E-state index contributed by atoms with van der Waals surface area (Å²) in [5.74, 6) is -9.72. The average molecular weight is 583 g/mol. The molecule has 8 N–H and O–H groups in total. The smallest absolute Gasteiger partial charge is 0.255 e. The monoisotopic (exact) mass is 582 g/mol. The predicted molar refractivity (Wildman–Crippen MR) is 140 cm³/mol. The highest BCUT2D eigenvalue weighted by Gasteiger charge is 2.64. The van der Waals surface area contributed by atoms with Crippen molar-refractivity contribution in [1.29, 1.82) is 0 Å². The third-order valence-electron chi connectivity index (χ3n) is 7.83. The van der Waals surface area contributed by atoms with Crippen LogP contribution >= 0.6 is 0 Å². The van der Waals surface area contributed by atoms with Crippen LogP contribution in [0.25, 0.3) is 5.76 Å². The van der Waals surface area contributed by atoms with E-state index in [-0.39, 0.29) is 36.9 Å². The molecule has 40 heavy (non-hydrogen) atoms. The topological polar surface area (TPSA) is 220 Å². The number of sulfonamides is 1. The number of Topliss-reactive ketones (excluding diaryl/α,β-unsaturated/α-hetero) is 2. The molecule has 1 saturated carbocycles. The van der Waals surface area contributed by atoms with Crippen molar-refractivity contribution in [3.8, 4) is 5.75 Å². The van der Waals surface area contributed by atoms with E-state index in [2.05, 4.69) is 10.0 Å². The lowest BCUT2D eigenvalue weighted by molar-refractivity contribution is -0.153. The van der Waals surface area contributed by atoms with Gasteiger partial charge < -0.3 is 31.5 Å². The lowest BCUT2D eigenvalue weighted by Crippen LogP contribution is -2.65. The number of hydrogen-bond donors (Lipinski definition) is 7. The van der Waals surface area contributed by atoms with Gasteiger partial charge in [-0.1, -0.05) is 0 Å². The Balaban J connectivity index is 2.01. The number of nitrogens with zero attached hydrogens (tertiary/aromatic N) is 1. The van der Waals surface area contributed by atoms with Crippen molar-refractivity contribution in [3.63, 3.8) is 0 Å². The highest BCUT2D eigenvalue weighted by molar-refractivity contribution is 7.92. The minimum atomic E-state index is -4.03. The second-order valence-electron chi connectivity index (χ2n) is 10.6. The van der Waals surface area contributed by atoms with Gasteiger partial charge in [0.1, 0.15) is 22.9 Å². The van der Waals surface area contributed by atoms with Gasteiger partial charge in [0.2, 0.25) is 15.8 Å². The van der Waals surface area contributed by atoms with Gasteiger partial charge in [-0.05, 0) is 52.9 Å². The number of likely N-dealkylation sites (N-methyl/N-ethyl adjacent to an activating group) is 2. The largest absolute Gasteiger partial charge is 0.508 e. The number of fused-ring (bicyclic) bond motifs is 3. The van der Waals surface area contributed by atoms with E-state index in [9.17, 15) is 43.2 Å². The van der Waals surface area contributed by atoms with Gasteiger partial charge in [-0.25, -0.2) is 12.8 Å². The van der Waals surface area contributed by atoms with Crippen molar-refractivity contribution in [2.75, 3.05) is 38.7 Å². The first kappa shape index (κ1) is 29.5. The predicted octanol–water partition coefficient (Wildman–Crippen LogP) is -0.763. The van der Waals surface area contributed by atoms with E-state index in [0.717, 1.165) is 6.26 Å². The molecule has 1 fully saturated rings. The molecule has 0 spiro atoms. The zero-order valence-corrected chi connectivity index (χ0v) is 23.0. The van der Waals surface area contributed by atoms with Gasteiger partial charge in [-0.15, -0.1) is 0 Å². The molecule has 0 saturated heterocycles. The Bertz CT molecular complexity index is 1520. The van der Waals surface area contributed by atoms with Gasteiger partial charge in [-0.2, -0.15) is 0 Å². The minimum Gasteiger partial charge on any atom is -0.508 e. The van der Waals surface area contributed by atoms with Crippen LogP contribution in [0.5, 0.6) is 5.75 Å². The van der Waals surface area contributed by atoms with Crippen LogP contribution < -0.4 is 15.8 Å². The Morgan fingerprint density at radius 2 is 1.85 bits per heavy atom. The molecule has 1 amide bonds. The molecule has 4 rings (SSSR count). The van der Waals surface area contributed by atoms with Crippen LogP contribution in [-0.2, 0) is 37.2 Å². The molecule has 0 aliphatic heterocycles. The molecule has 0 heterocycles. The molecule has 0 aromatic heterocycles. The van der Waals surface area contributed by atoms with Crippen LogP contribution in [0.4, 0.5) is 10.1 Å². The number of hydrogen-bond acceptors (Lipinski definition) is 11. The fraction of sp³-hybridized carbons (Fsp3) is 0.480. The molecule has 4 atom stereocenters. The standard InChI is InChI=1S/C25H31FN4O9S/c1-28-6-5-10-16(26)11-7-9-8-12-18(30(2)3)21(33)15(24(27)36)23(35)25(12,37)22(34)13(9)19(31)14(11)20(32)17(10)29-40(4,38)39/h9,12,18,28-29,31-32,35,37H,5-8H2,1-4H3,(H2,27,36)/t9-,12-,18-,25-/m0/s1. The molecule has 3 aliphatic rings. The zero-order chi connectivity index (χ0) is 30.1. The molecule has 15 heteroatoms. The second-order valence-corrected chi connectivity index (χ2v) is 12.3. The summed E-state index contributed by atoms with van der Waals surface area (Å²) in [6.07, 6.45) is 0.272. The molecule has 0 radical (unpaired) electrons. The zero-order valence-electron chi connectivity index (χ0n) is 22.2. The lowest BCUT2D eigenvalue weighted by Gasteiger charge is -2.50. The minimum absolute atomic E-state index is 0.0455. The number of halogens is 1. The number of benzene rings is 1. The molecule has 0 unspecified atom stereocenters. The fourth-order valence-electron chi connectivity index (χ4n) is 6.17. The third-order valence-corrected chi connectivity index (χ3v) is 8.41. The van der Waals surface area contributed by atoms with Gasteiger partial charge in [-0.3, -0.25) is 24.0 Å². The number of carbonyl (C=O) groups is 3. The van der Waals surface area contributed by atoms with Crippen molar-refractivity contribution in [3.05, 3.63) is 39.4 Å². The number of rotatable bonds is 7. The summed E-state index contributed by atoms with van der Waals surface area (Å²) in [6, 6.07) is -1.27. The number of primary amides is 1. The Hall–Kier alpha value is -3.53. The Kier molecular flexibility index (Phi) is 7.24. The van der Waals surface area contributed by atoms with Crippen LogP contribution in [-0.4, -0.2) is 96.8 Å². The van der Waals surface area contributed by atoms with Crippen LogP contribution in [0.1, 0.15) is 23.1 Å². The molecule has 1 aromatic carbocycles. The molecular formula is C25H31FN4O9S. The first-order valence-corrected chi connectivity index (χ1v) is 14.2. The van der Waals surface area contributed by atoms with E-state index < -0.39 is 96.5 Å². The summed E-state index contributed by atoms with van der Waals surface area (Å²) >= 11 is 0. The Morgan fingerprint density at radius 1 is 1.23 bits per heavy atom. The summed E-state index contributed by atoms with van der Waals surface area (Å²) in [6.45, 7) is 0.206. The number of ketones is 2. The summed E-state index contributed by atoms with van der Waals surface area (Å²) in [5.41, 5.74) is -0.407. The maximum atomic E-state index is 16.0. The summed E-state index contributed by atoms with van der Waals surface area (Å²) in [7, 11) is 0.498. The fourth-order valence-corrected chi connectivity index (χ4v) is 6.76. The number of nitrogens with two attached hydrogens (primary N) is 1. The second kappa shape index (κ2) is 9.83. The van der Waals surface area contributed by atoms with Crippen molar-refractivity contribution < 1.29 is 47.6 Å². The highest BCUT2D eigenvalue weighted by Crippen LogP contribution is 2.54. The number of aromatic hydroxyl groups is 1. The number of anilines is 1. The van der Waals surface area contributed by atoms with Crippen LogP contribution in [0.3, 0.4) is 0 Å². The van der Waals surface area contributed by atoms with E-state index >= 15 is 4.39 Å². The van der Waals surface area contributed by atoms with Gasteiger partial charge >= 0.3 is 0 Å². The Morgan fingerprint density at radius 3 is 2.38 bits per heavy atom. The van der Waals surface area contributed by atoms with Crippen LogP contribution in [0.15, 0.2) is 16.9 Å². The van der Waals surface area contributed by atoms with E-state index in [0.29, 0.717) is 0 Å². The van der Waals surface area contributed by atoms with Gasteiger partial charge in [0.25, 0.3) is 5.91 Å². The normalized spacial score (nSPS) is 26.5. The van der Waals surface area contributed by atoms with Crippen molar-refractivity contribution in [1.82, 2.24) is 10.2 Å². The van der Waals surface area contributed by atoms with Gasteiger partial charge in [0.15, 0.2) is 17.1 Å². The lowest BCUT2D eigenvalue weighted by atomic mass is 9.57.